The minimum Gasteiger partial charge on any atom is -0.396 e. The number of rotatable bonds is 5. The molecule has 1 atom stereocenters. The van der Waals surface area contributed by atoms with Gasteiger partial charge in [-0.2, -0.15) is 5.10 Å². The van der Waals surface area contributed by atoms with E-state index >= 15 is 0 Å². The van der Waals surface area contributed by atoms with Crippen LogP contribution in [0.3, 0.4) is 0 Å². The van der Waals surface area contributed by atoms with Crippen molar-refractivity contribution in [3.05, 3.63) is 17.5 Å². The van der Waals surface area contributed by atoms with Gasteiger partial charge in [0.2, 0.25) is 0 Å². The molecule has 0 saturated carbocycles. The van der Waals surface area contributed by atoms with Crippen molar-refractivity contribution in [2.45, 2.75) is 20.3 Å². The second-order valence-corrected chi connectivity index (χ2v) is 4.00. The van der Waals surface area contributed by atoms with E-state index in [1.807, 2.05) is 13.8 Å². The molecule has 1 unspecified atom stereocenters. The molecule has 1 amide bonds. The molecule has 0 aliphatic rings. The molecule has 1 heterocycles. The van der Waals surface area contributed by atoms with Crippen LogP contribution in [0, 0.1) is 5.92 Å². The first-order chi connectivity index (χ1) is 7.58. The number of aliphatic hydroxyl groups is 1. The summed E-state index contributed by atoms with van der Waals surface area (Å²) in [6.07, 6.45) is 0.814. The first-order valence-electron chi connectivity index (χ1n) is 5.50. The van der Waals surface area contributed by atoms with Crippen molar-refractivity contribution in [1.82, 2.24) is 15.1 Å². The topological polar surface area (TPSA) is 67.2 Å². The van der Waals surface area contributed by atoms with Crippen molar-refractivity contribution in [1.29, 1.82) is 0 Å². The minimum absolute atomic E-state index is 0.0721. The van der Waals surface area contributed by atoms with Crippen LogP contribution in [0.1, 0.15) is 30.0 Å². The summed E-state index contributed by atoms with van der Waals surface area (Å²) in [4.78, 5) is 11.8. The number of amides is 1. The number of hydrogen-bond donors (Lipinski definition) is 2. The third-order valence-corrected chi connectivity index (χ3v) is 2.45. The number of carbonyl (C=O) groups excluding carboxylic acids is 1. The first-order valence-corrected chi connectivity index (χ1v) is 5.50. The van der Waals surface area contributed by atoms with Crippen LogP contribution in [0.15, 0.2) is 6.07 Å². The van der Waals surface area contributed by atoms with Crippen LogP contribution in [-0.4, -0.2) is 33.9 Å². The van der Waals surface area contributed by atoms with E-state index in [2.05, 4.69) is 10.4 Å². The van der Waals surface area contributed by atoms with Crippen molar-refractivity contribution < 1.29 is 9.90 Å². The van der Waals surface area contributed by atoms with Gasteiger partial charge in [0.05, 0.1) is 5.69 Å². The Labute approximate surface area is 95.5 Å². The van der Waals surface area contributed by atoms with E-state index in [1.54, 1.807) is 17.8 Å². The molecule has 0 spiro atoms. The number of carbonyl (C=O) groups is 1. The van der Waals surface area contributed by atoms with Gasteiger partial charge >= 0.3 is 0 Å². The van der Waals surface area contributed by atoms with Gasteiger partial charge in [-0.25, -0.2) is 0 Å². The molecule has 0 saturated heterocycles. The third kappa shape index (κ3) is 3.06. The van der Waals surface area contributed by atoms with Gasteiger partial charge in [0.1, 0.15) is 5.69 Å². The Balaban J connectivity index is 2.62. The number of nitrogens with one attached hydrogen (secondary N) is 1. The predicted molar refractivity (Wildman–Crippen MR) is 61.2 cm³/mol. The highest BCUT2D eigenvalue weighted by atomic mass is 16.3. The highest BCUT2D eigenvalue weighted by molar-refractivity contribution is 5.92. The van der Waals surface area contributed by atoms with Crippen LogP contribution in [0.4, 0.5) is 0 Å². The quantitative estimate of drug-likeness (QED) is 0.759. The van der Waals surface area contributed by atoms with Gasteiger partial charge in [0, 0.05) is 20.2 Å². The van der Waals surface area contributed by atoms with E-state index in [4.69, 9.17) is 5.11 Å². The average molecular weight is 225 g/mol. The molecule has 1 aromatic rings. The van der Waals surface area contributed by atoms with Crippen molar-refractivity contribution >= 4 is 5.91 Å². The van der Waals surface area contributed by atoms with Gasteiger partial charge in [-0.05, 0) is 18.4 Å². The van der Waals surface area contributed by atoms with Crippen LogP contribution in [-0.2, 0) is 13.5 Å². The van der Waals surface area contributed by atoms with Gasteiger partial charge in [0.15, 0.2) is 0 Å². The lowest BCUT2D eigenvalue weighted by molar-refractivity contribution is 0.0933. The fourth-order valence-corrected chi connectivity index (χ4v) is 1.33. The lowest BCUT2D eigenvalue weighted by Crippen LogP contribution is -2.30. The van der Waals surface area contributed by atoms with Gasteiger partial charge in [-0.3, -0.25) is 9.48 Å². The summed E-state index contributed by atoms with van der Waals surface area (Å²) in [7, 11) is 1.75. The van der Waals surface area contributed by atoms with Crippen LogP contribution < -0.4 is 5.32 Å². The average Bonchev–Trinajstić information content (AvgIpc) is 2.67. The fraction of sp³-hybridized carbons (Fsp3) is 0.636. The molecular formula is C11H19N3O2. The van der Waals surface area contributed by atoms with Crippen LogP contribution in [0.25, 0.3) is 0 Å². The summed E-state index contributed by atoms with van der Waals surface area (Å²) < 4.78 is 1.58. The van der Waals surface area contributed by atoms with E-state index in [0.717, 1.165) is 12.1 Å². The zero-order valence-electron chi connectivity index (χ0n) is 10.0. The van der Waals surface area contributed by atoms with Crippen molar-refractivity contribution in [3.8, 4) is 0 Å². The molecule has 1 aromatic heterocycles. The molecule has 90 valence electrons. The standard InChI is InChI=1S/C11H19N3O2/c1-4-9-5-10(14(3)13-9)11(16)12-6-8(2)7-15/h5,8,15H,4,6-7H2,1-3H3,(H,12,16). The van der Waals surface area contributed by atoms with Gasteiger partial charge in [-0.1, -0.05) is 13.8 Å². The first kappa shape index (κ1) is 12.7. The lowest BCUT2D eigenvalue weighted by atomic mass is 10.2. The predicted octanol–water partition coefficient (Wildman–Crippen LogP) is 0.341. The molecular weight excluding hydrogens is 206 g/mol. The second kappa shape index (κ2) is 5.65. The summed E-state index contributed by atoms with van der Waals surface area (Å²) in [5.74, 6) is -0.0715. The normalized spacial score (nSPS) is 12.5. The maximum absolute atomic E-state index is 11.8. The Morgan fingerprint density at radius 2 is 2.38 bits per heavy atom. The van der Waals surface area contributed by atoms with Crippen molar-refractivity contribution in [2.24, 2.45) is 13.0 Å². The van der Waals surface area contributed by atoms with E-state index in [9.17, 15) is 4.79 Å². The minimum atomic E-state index is -0.144. The molecule has 0 radical (unpaired) electrons. The molecule has 16 heavy (non-hydrogen) atoms. The molecule has 1 rings (SSSR count). The van der Waals surface area contributed by atoms with Gasteiger partial charge < -0.3 is 10.4 Å². The van der Waals surface area contributed by atoms with Gasteiger partial charge in [0.25, 0.3) is 5.91 Å². The van der Waals surface area contributed by atoms with Crippen LogP contribution in [0.5, 0.6) is 0 Å². The fourth-order valence-electron chi connectivity index (χ4n) is 1.33. The van der Waals surface area contributed by atoms with Crippen molar-refractivity contribution in [3.63, 3.8) is 0 Å². The summed E-state index contributed by atoms with van der Waals surface area (Å²) >= 11 is 0. The van der Waals surface area contributed by atoms with E-state index in [1.165, 1.54) is 0 Å². The number of aliphatic hydroxyl groups excluding tert-OH is 1. The maximum Gasteiger partial charge on any atom is 0.269 e. The second-order valence-electron chi connectivity index (χ2n) is 4.00. The van der Waals surface area contributed by atoms with Crippen LogP contribution in [0.2, 0.25) is 0 Å². The smallest absolute Gasteiger partial charge is 0.269 e. The molecule has 5 nitrogen and oxygen atoms in total. The highest BCUT2D eigenvalue weighted by Crippen LogP contribution is 2.03. The lowest BCUT2D eigenvalue weighted by Gasteiger charge is -2.09. The zero-order chi connectivity index (χ0) is 12.1. The molecule has 2 N–H and O–H groups in total. The summed E-state index contributed by atoms with van der Waals surface area (Å²) in [6.45, 7) is 4.42. The van der Waals surface area contributed by atoms with E-state index < -0.39 is 0 Å². The highest BCUT2D eigenvalue weighted by Gasteiger charge is 2.12. The molecule has 0 aliphatic heterocycles. The zero-order valence-corrected chi connectivity index (χ0v) is 10.0. The molecule has 5 heteroatoms. The Morgan fingerprint density at radius 1 is 1.69 bits per heavy atom. The summed E-state index contributed by atoms with van der Waals surface area (Å²) in [5.41, 5.74) is 1.46. The van der Waals surface area contributed by atoms with Gasteiger partial charge in [-0.15, -0.1) is 0 Å². The molecule has 0 fully saturated rings. The Hall–Kier alpha value is -1.36. The number of nitrogens with zero attached hydrogens (tertiary/aromatic N) is 2. The Kier molecular flexibility index (Phi) is 4.49. The number of aromatic nitrogens is 2. The number of aryl methyl sites for hydroxylation is 2. The largest absolute Gasteiger partial charge is 0.396 e. The Morgan fingerprint density at radius 3 is 2.88 bits per heavy atom. The monoisotopic (exact) mass is 225 g/mol. The summed E-state index contributed by atoms with van der Waals surface area (Å²) in [5, 5.41) is 15.8. The van der Waals surface area contributed by atoms with Crippen molar-refractivity contribution in [2.75, 3.05) is 13.2 Å². The van der Waals surface area contributed by atoms with E-state index in [-0.39, 0.29) is 18.4 Å². The van der Waals surface area contributed by atoms with Crippen LogP contribution >= 0.6 is 0 Å². The molecule has 0 bridgehead atoms. The molecule has 0 aliphatic carbocycles. The number of hydrogen-bond acceptors (Lipinski definition) is 3. The SMILES string of the molecule is CCc1cc(C(=O)NCC(C)CO)n(C)n1. The third-order valence-electron chi connectivity index (χ3n) is 2.45. The Bertz CT molecular complexity index is 360. The summed E-state index contributed by atoms with van der Waals surface area (Å²) in [6, 6.07) is 1.79. The van der Waals surface area contributed by atoms with E-state index in [0.29, 0.717) is 12.2 Å². The maximum atomic E-state index is 11.8. The molecule has 0 aromatic carbocycles.